The number of hydrogen-bond acceptors (Lipinski definition) is 3. The zero-order valence-electron chi connectivity index (χ0n) is 11.8. The molecule has 0 radical (unpaired) electrons. The van der Waals surface area contributed by atoms with Crippen molar-refractivity contribution in [3.05, 3.63) is 58.8 Å². The first-order valence-electron chi connectivity index (χ1n) is 6.47. The average Bonchev–Trinajstić information content (AvgIpc) is 2.54. The van der Waals surface area contributed by atoms with Gasteiger partial charge in [-0.15, -0.1) is 0 Å². The Balaban J connectivity index is 2.22. The molecule has 0 atom stereocenters. The fourth-order valence-electron chi connectivity index (χ4n) is 2.20. The van der Waals surface area contributed by atoms with Crippen molar-refractivity contribution in [2.75, 3.05) is 14.2 Å². The van der Waals surface area contributed by atoms with Crippen LogP contribution in [0, 0.1) is 0 Å². The van der Waals surface area contributed by atoms with Crippen LogP contribution in [0.5, 0.6) is 11.5 Å². The molecule has 0 amide bonds. The third-order valence-electron chi connectivity index (χ3n) is 3.27. The summed E-state index contributed by atoms with van der Waals surface area (Å²) in [5, 5.41) is 0.816. The van der Waals surface area contributed by atoms with E-state index in [0.29, 0.717) is 0 Å². The van der Waals surface area contributed by atoms with Gasteiger partial charge in [0, 0.05) is 0 Å². The molecule has 0 N–H and O–H groups in total. The summed E-state index contributed by atoms with van der Waals surface area (Å²) >= 11 is 0.0991. The van der Waals surface area contributed by atoms with Gasteiger partial charge in [0.1, 0.15) is 0 Å². The molecule has 2 aromatic carbocycles. The molecule has 0 fully saturated rings. The summed E-state index contributed by atoms with van der Waals surface area (Å²) in [4.78, 5) is 12.2. The molecular formula is C17H14O3Se. The van der Waals surface area contributed by atoms with Gasteiger partial charge in [-0.2, -0.15) is 0 Å². The SMILES string of the molecule is COc1cc(OC)cc(-c2cc(=O)c3ccccc3[se]2)c1. The Hall–Kier alpha value is -2.03. The van der Waals surface area contributed by atoms with Crippen LogP contribution in [-0.4, -0.2) is 28.7 Å². The van der Waals surface area contributed by atoms with E-state index in [4.69, 9.17) is 9.47 Å². The van der Waals surface area contributed by atoms with Crippen molar-refractivity contribution in [3.8, 4) is 21.5 Å². The van der Waals surface area contributed by atoms with Crippen molar-refractivity contribution in [3.63, 3.8) is 0 Å². The van der Waals surface area contributed by atoms with Crippen LogP contribution in [0.4, 0.5) is 0 Å². The molecular weight excluding hydrogens is 331 g/mol. The Morgan fingerprint density at radius 1 is 0.905 bits per heavy atom. The van der Waals surface area contributed by atoms with Crippen LogP contribution in [0.1, 0.15) is 0 Å². The predicted molar refractivity (Wildman–Crippen MR) is 85.7 cm³/mol. The molecule has 0 aliphatic carbocycles. The van der Waals surface area contributed by atoms with Gasteiger partial charge in [0.25, 0.3) is 0 Å². The van der Waals surface area contributed by atoms with Gasteiger partial charge >= 0.3 is 128 Å². The molecule has 0 unspecified atom stereocenters. The van der Waals surface area contributed by atoms with Gasteiger partial charge in [-0.1, -0.05) is 0 Å². The summed E-state index contributed by atoms with van der Waals surface area (Å²) in [6, 6.07) is 15.2. The number of hydrogen-bond donors (Lipinski definition) is 0. The van der Waals surface area contributed by atoms with E-state index in [0.717, 1.165) is 31.1 Å². The average molecular weight is 345 g/mol. The minimum absolute atomic E-state index is 0.0653. The van der Waals surface area contributed by atoms with E-state index in [1.807, 2.05) is 42.5 Å². The second kappa shape index (κ2) is 5.76. The molecule has 1 aromatic heterocycles. The standard InChI is InChI=1S/C17H14O3Se/c1-19-12-7-11(8-13(9-12)20-2)17-10-15(18)14-5-3-4-6-16(14)21-17/h3-10H,1-2H3. The number of benzene rings is 2. The molecule has 0 saturated carbocycles. The maximum atomic E-state index is 12.2. The summed E-state index contributed by atoms with van der Waals surface area (Å²) < 4.78 is 12.8. The fourth-order valence-corrected chi connectivity index (χ4v) is 4.43. The first-order valence-corrected chi connectivity index (χ1v) is 8.19. The van der Waals surface area contributed by atoms with Gasteiger partial charge in [-0.3, -0.25) is 0 Å². The quantitative estimate of drug-likeness (QED) is 0.685. The Morgan fingerprint density at radius 2 is 1.57 bits per heavy atom. The van der Waals surface area contributed by atoms with E-state index in [1.54, 1.807) is 20.3 Å². The van der Waals surface area contributed by atoms with Gasteiger partial charge in [0.2, 0.25) is 0 Å². The minimum atomic E-state index is 0.0653. The van der Waals surface area contributed by atoms with Crippen LogP contribution in [0.3, 0.4) is 0 Å². The van der Waals surface area contributed by atoms with Crippen molar-refractivity contribution < 1.29 is 9.47 Å². The van der Waals surface area contributed by atoms with E-state index in [2.05, 4.69) is 0 Å². The maximum absolute atomic E-state index is 12.2. The van der Waals surface area contributed by atoms with Crippen LogP contribution in [-0.2, 0) is 0 Å². The summed E-state index contributed by atoms with van der Waals surface area (Å²) in [7, 11) is 3.25. The van der Waals surface area contributed by atoms with Crippen LogP contribution >= 0.6 is 0 Å². The number of fused-ring (bicyclic) bond motifs is 1. The monoisotopic (exact) mass is 346 g/mol. The zero-order chi connectivity index (χ0) is 14.8. The zero-order valence-corrected chi connectivity index (χ0v) is 13.5. The molecule has 1 heterocycles. The molecule has 0 spiro atoms. The molecule has 0 aliphatic heterocycles. The van der Waals surface area contributed by atoms with E-state index in [9.17, 15) is 4.79 Å². The second-order valence-electron chi connectivity index (χ2n) is 4.57. The first kappa shape index (κ1) is 13.9. The third kappa shape index (κ3) is 2.73. The molecule has 3 aromatic rings. The van der Waals surface area contributed by atoms with Crippen molar-refractivity contribution in [2.45, 2.75) is 0 Å². The van der Waals surface area contributed by atoms with Crippen LogP contribution in [0.2, 0.25) is 0 Å². The molecule has 0 saturated heterocycles. The summed E-state index contributed by atoms with van der Waals surface area (Å²) in [6.07, 6.45) is 0. The van der Waals surface area contributed by atoms with Crippen molar-refractivity contribution >= 4 is 24.1 Å². The van der Waals surface area contributed by atoms with Crippen LogP contribution in [0.15, 0.2) is 53.3 Å². The Morgan fingerprint density at radius 3 is 2.24 bits per heavy atom. The number of ether oxygens (including phenoxy) is 2. The van der Waals surface area contributed by atoms with E-state index >= 15 is 0 Å². The van der Waals surface area contributed by atoms with Crippen molar-refractivity contribution in [1.82, 2.24) is 0 Å². The van der Waals surface area contributed by atoms with E-state index < -0.39 is 0 Å². The predicted octanol–water partition coefficient (Wildman–Crippen LogP) is 2.94. The van der Waals surface area contributed by atoms with E-state index in [1.165, 1.54) is 0 Å². The second-order valence-corrected chi connectivity index (χ2v) is 6.85. The van der Waals surface area contributed by atoms with E-state index in [-0.39, 0.29) is 19.9 Å². The van der Waals surface area contributed by atoms with Gasteiger partial charge < -0.3 is 0 Å². The first-order chi connectivity index (χ1) is 10.2. The molecule has 0 aliphatic rings. The molecule has 0 bridgehead atoms. The molecule has 106 valence electrons. The van der Waals surface area contributed by atoms with Crippen molar-refractivity contribution in [2.24, 2.45) is 0 Å². The van der Waals surface area contributed by atoms with Crippen LogP contribution in [0.25, 0.3) is 19.6 Å². The molecule has 21 heavy (non-hydrogen) atoms. The number of rotatable bonds is 3. The van der Waals surface area contributed by atoms with Crippen LogP contribution < -0.4 is 14.9 Å². The van der Waals surface area contributed by atoms with Gasteiger partial charge in [-0.05, 0) is 0 Å². The molecule has 3 nitrogen and oxygen atoms in total. The van der Waals surface area contributed by atoms with Gasteiger partial charge in [0.15, 0.2) is 0 Å². The third-order valence-corrected chi connectivity index (χ3v) is 5.68. The Labute approximate surface area is 128 Å². The Kier molecular flexibility index (Phi) is 3.82. The number of methoxy groups -OCH3 is 2. The topological polar surface area (TPSA) is 35.5 Å². The molecule has 4 heteroatoms. The normalized spacial score (nSPS) is 10.6. The van der Waals surface area contributed by atoms with Gasteiger partial charge in [-0.25, -0.2) is 0 Å². The summed E-state index contributed by atoms with van der Waals surface area (Å²) in [5.41, 5.74) is 1.05. The van der Waals surface area contributed by atoms with Crippen molar-refractivity contribution in [1.29, 1.82) is 0 Å². The fraction of sp³-hybridized carbons (Fsp3) is 0.118. The van der Waals surface area contributed by atoms with Gasteiger partial charge in [0.05, 0.1) is 0 Å². The molecule has 3 rings (SSSR count). The summed E-state index contributed by atoms with van der Waals surface area (Å²) in [5.74, 6) is 1.46. The Bertz CT molecular complexity index is 830. The summed E-state index contributed by atoms with van der Waals surface area (Å²) in [6.45, 7) is 0.